The number of hydrogen-bond acceptors (Lipinski definition) is 4. The molecule has 4 aromatic rings. The van der Waals surface area contributed by atoms with Crippen LogP contribution in [0.2, 0.25) is 0 Å². The maximum atomic E-state index is 14.6. The van der Waals surface area contributed by atoms with Gasteiger partial charge in [0.25, 0.3) is 5.91 Å². The average molecular weight is 485 g/mol. The molecule has 0 spiro atoms. The smallest absolute Gasteiger partial charge is 0.319 e. The van der Waals surface area contributed by atoms with Crippen LogP contribution in [0, 0.1) is 5.82 Å². The number of nitrogens with one attached hydrogen (secondary N) is 3. The molecule has 9 heteroatoms. The molecule has 182 valence electrons. The summed E-state index contributed by atoms with van der Waals surface area (Å²) in [7, 11) is 0. The molecule has 0 fully saturated rings. The lowest BCUT2D eigenvalue weighted by Gasteiger charge is -2.11. The maximum Gasteiger partial charge on any atom is 0.323 e. The van der Waals surface area contributed by atoms with Crippen molar-refractivity contribution in [2.75, 3.05) is 16.0 Å². The zero-order chi connectivity index (χ0) is 24.9. The predicted molar refractivity (Wildman–Crippen MR) is 136 cm³/mol. The molecule has 1 aliphatic heterocycles. The second kappa shape index (κ2) is 10.4. The molecule has 3 N–H and O–H groups in total. The Bertz CT molecular complexity index is 1390. The number of carbonyl (C=O) groups is 2. The van der Waals surface area contributed by atoms with Crippen LogP contribution in [-0.4, -0.2) is 26.7 Å². The van der Waals surface area contributed by atoms with Crippen LogP contribution in [0.25, 0.3) is 11.4 Å². The Morgan fingerprint density at radius 1 is 0.806 bits per heavy atom. The summed E-state index contributed by atoms with van der Waals surface area (Å²) in [6, 6.07) is 19.6. The van der Waals surface area contributed by atoms with E-state index in [1.165, 1.54) is 6.07 Å². The molecular formula is C27H25FN6O2. The summed E-state index contributed by atoms with van der Waals surface area (Å²) in [4.78, 5) is 25.0. The Labute approximate surface area is 207 Å². The fraction of sp³-hybridized carbons (Fsp3) is 0.185. The van der Waals surface area contributed by atoms with Gasteiger partial charge in [0.05, 0.1) is 5.69 Å². The van der Waals surface area contributed by atoms with Crippen molar-refractivity contribution < 1.29 is 14.0 Å². The van der Waals surface area contributed by atoms with E-state index in [-0.39, 0.29) is 5.69 Å². The van der Waals surface area contributed by atoms with Gasteiger partial charge in [-0.1, -0.05) is 24.6 Å². The van der Waals surface area contributed by atoms with E-state index in [2.05, 4.69) is 30.7 Å². The lowest BCUT2D eigenvalue weighted by atomic mass is 10.1. The van der Waals surface area contributed by atoms with Gasteiger partial charge >= 0.3 is 6.03 Å². The number of fused-ring (bicyclic) bond motifs is 1. The third-order valence-corrected chi connectivity index (χ3v) is 6.02. The van der Waals surface area contributed by atoms with E-state index < -0.39 is 17.8 Å². The number of amides is 3. The van der Waals surface area contributed by atoms with Crippen molar-refractivity contribution in [3.63, 3.8) is 0 Å². The molecule has 0 bridgehead atoms. The first-order valence-electron chi connectivity index (χ1n) is 11.8. The topological polar surface area (TPSA) is 101 Å². The van der Waals surface area contributed by atoms with E-state index in [0.717, 1.165) is 38.1 Å². The van der Waals surface area contributed by atoms with Gasteiger partial charge in [-0.15, -0.1) is 10.2 Å². The third kappa shape index (κ3) is 5.25. The van der Waals surface area contributed by atoms with E-state index in [1.54, 1.807) is 48.5 Å². The van der Waals surface area contributed by atoms with E-state index in [0.29, 0.717) is 28.3 Å². The van der Waals surface area contributed by atoms with Crippen LogP contribution >= 0.6 is 0 Å². The lowest BCUT2D eigenvalue weighted by molar-refractivity contribution is 0.102. The second-order valence-corrected chi connectivity index (χ2v) is 8.57. The largest absolute Gasteiger partial charge is 0.323 e. The molecule has 3 amide bonds. The van der Waals surface area contributed by atoms with Crippen molar-refractivity contribution >= 4 is 29.0 Å². The fourth-order valence-corrected chi connectivity index (χ4v) is 4.17. The van der Waals surface area contributed by atoms with Crippen LogP contribution in [0.1, 0.15) is 35.4 Å². The number of nitrogens with zero attached hydrogens (tertiary/aromatic N) is 3. The molecule has 3 aromatic carbocycles. The molecule has 0 atom stereocenters. The van der Waals surface area contributed by atoms with Crippen molar-refractivity contribution in [3.8, 4) is 11.4 Å². The summed E-state index contributed by atoms with van der Waals surface area (Å²) in [5, 5.41) is 16.7. The van der Waals surface area contributed by atoms with Gasteiger partial charge in [0, 0.05) is 35.5 Å². The highest BCUT2D eigenvalue weighted by molar-refractivity contribution is 6.05. The highest BCUT2D eigenvalue weighted by atomic mass is 19.1. The predicted octanol–water partition coefficient (Wildman–Crippen LogP) is 5.71. The van der Waals surface area contributed by atoms with Crippen molar-refractivity contribution in [3.05, 3.63) is 90.0 Å². The minimum atomic E-state index is -0.543. The van der Waals surface area contributed by atoms with Gasteiger partial charge in [0.1, 0.15) is 11.6 Å². The van der Waals surface area contributed by atoms with E-state index >= 15 is 0 Å². The molecular weight excluding hydrogens is 459 g/mol. The van der Waals surface area contributed by atoms with Crippen LogP contribution in [0.4, 0.5) is 26.2 Å². The number of aryl methyl sites for hydroxylation is 1. The third-order valence-electron chi connectivity index (χ3n) is 6.02. The maximum absolute atomic E-state index is 14.6. The van der Waals surface area contributed by atoms with E-state index in [9.17, 15) is 14.0 Å². The first kappa shape index (κ1) is 23.2. The Morgan fingerprint density at radius 2 is 1.56 bits per heavy atom. The molecule has 1 aliphatic rings. The van der Waals surface area contributed by atoms with Crippen LogP contribution < -0.4 is 16.0 Å². The lowest BCUT2D eigenvalue weighted by Crippen LogP contribution is -2.19. The van der Waals surface area contributed by atoms with Crippen molar-refractivity contribution in [1.29, 1.82) is 0 Å². The van der Waals surface area contributed by atoms with Crippen LogP contribution in [0.15, 0.2) is 72.8 Å². The first-order chi connectivity index (χ1) is 17.6. The first-order valence-corrected chi connectivity index (χ1v) is 11.8. The van der Waals surface area contributed by atoms with Crippen molar-refractivity contribution in [1.82, 2.24) is 14.8 Å². The van der Waals surface area contributed by atoms with Gasteiger partial charge < -0.3 is 20.5 Å². The Hall–Kier alpha value is -4.53. The summed E-state index contributed by atoms with van der Waals surface area (Å²) >= 11 is 0. The molecule has 2 heterocycles. The molecule has 0 saturated carbocycles. The van der Waals surface area contributed by atoms with Gasteiger partial charge in [-0.2, -0.15) is 0 Å². The molecule has 5 rings (SSSR count). The number of anilines is 3. The Morgan fingerprint density at radius 3 is 2.33 bits per heavy atom. The zero-order valence-corrected chi connectivity index (χ0v) is 19.5. The molecule has 0 saturated heterocycles. The average Bonchev–Trinajstić information content (AvgIpc) is 3.14. The second-order valence-electron chi connectivity index (χ2n) is 8.57. The van der Waals surface area contributed by atoms with Gasteiger partial charge in [-0.05, 0) is 67.4 Å². The number of carbonyl (C=O) groups excluding carboxylic acids is 2. The molecule has 0 radical (unpaired) electrons. The number of benzene rings is 3. The van der Waals surface area contributed by atoms with Crippen LogP contribution in [-0.2, 0) is 13.0 Å². The molecule has 0 unspecified atom stereocenters. The number of urea groups is 1. The molecule has 0 aliphatic carbocycles. The van der Waals surface area contributed by atoms with Gasteiger partial charge in [0.15, 0.2) is 5.82 Å². The van der Waals surface area contributed by atoms with Gasteiger partial charge in [-0.3, -0.25) is 4.79 Å². The quantitative estimate of drug-likeness (QED) is 0.338. The summed E-state index contributed by atoms with van der Waals surface area (Å²) in [6.07, 6.45) is 4.13. The summed E-state index contributed by atoms with van der Waals surface area (Å²) < 4.78 is 16.6. The highest BCUT2D eigenvalue weighted by Crippen LogP contribution is 2.27. The van der Waals surface area contributed by atoms with E-state index in [1.807, 2.05) is 18.2 Å². The number of rotatable bonds is 5. The van der Waals surface area contributed by atoms with Gasteiger partial charge in [-0.25, -0.2) is 9.18 Å². The standard InChI is InChI=1S/C27H25FN6O2/c28-22-15-12-19(25-33-32-24-9-5-2-6-16-34(24)25)17-23(22)31-26(35)18-10-13-21(14-11-18)30-27(36)29-20-7-3-1-4-8-20/h1,3-4,7-8,10-15,17H,2,5-6,9,16H2,(H,31,35)(H2,29,30,36). The summed E-state index contributed by atoms with van der Waals surface area (Å²) in [5.74, 6) is 0.597. The number of halogens is 1. The molecule has 36 heavy (non-hydrogen) atoms. The zero-order valence-electron chi connectivity index (χ0n) is 19.5. The molecule has 1 aromatic heterocycles. The fourth-order valence-electron chi connectivity index (χ4n) is 4.17. The Balaban J connectivity index is 1.26. The summed E-state index contributed by atoms with van der Waals surface area (Å²) in [5.41, 5.74) is 2.26. The minimum absolute atomic E-state index is 0.0629. The Kier molecular flexibility index (Phi) is 6.70. The summed E-state index contributed by atoms with van der Waals surface area (Å²) in [6.45, 7) is 0.820. The monoisotopic (exact) mass is 484 g/mol. The van der Waals surface area contributed by atoms with Crippen LogP contribution in [0.3, 0.4) is 0 Å². The van der Waals surface area contributed by atoms with Crippen molar-refractivity contribution in [2.24, 2.45) is 0 Å². The highest BCUT2D eigenvalue weighted by Gasteiger charge is 2.18. The minimum Gasteiger partial charge on any atom is -0.319 e. The number of hydrogen-bond donors (Lipinski definition) is 3. The van der Waals surface area contributed by atoms with Crippen LogP contribution in [0.5, 0.6) is 0 Å². The van der Waals surface area contributed by atoms with Gasteiger partial charge in [0.2, 0.25) is 0 Å². The number of aromatic nitrogens is 3. The number of para-hydroxylation sites is 1. The normalized spacial score (nSPS) is 12.8. The molecule has 8 nitrogen and oxygen atoms in total. The van der Waals surface area contributed by atoms with Crippen molar-refractivity contribution in [2.45, 2.75) is 32.2 Å². The SMILES string of the molecule is O=C(Nc1ccccc1)Nc1ccc(C(=O)Nc2cc(-c3nnc4n3CCCCC4)ccc2F)cc1. The van der Waals surface area contributed by atoms with E-state index in [4.69, 9.17) is 0 Å².